The van der Waals surface area contributed by atoms with Gasteiger partial charge in [-0.25, -0.2) is 0 Å². The first-order chi connectivity index (χ1) is 14.7. The van der Waals surface area contributed by atoms with Gasteiger partial charge in [0.15, 0.2) is 0 Å². The van der Waals surface area contributed by atoms with Crippen molar-refractivity contribution >= 4 is 0 Å². The molecular weight excluding hydrogens is 392 g/mol. The van der Waals surface area contributed by atoms with Gasteiger partial charge in [0, 0.05) is 0 Å². The van der Waals surface area contributed by atoms with Gasteiger partial charge >= 0.3 is 0 Å². The fraction of sp³-hybridized carbons (Fsp3) is 0.538. The van der Waals surface area contributed by atoms with E-state index in [1.54, 1.807) is 0 Å². The molecule has 1 fully saturated rings. The zero-order valence-electron chi connectivity index (χ0n) is 18.6. The standard InChI is InChI=1S/C26H34O5/c1-26(2,3)19-9-7-15(8-10-19)11-17-13-18(12-16-5-4-6-20(16)17)25-24(30)23(29)22(28)21(14-27)31-25/h7-10,12-13,21-25,27-30H,4-6,11,14H2,1-3H3/t21-,22-,23+,24-,25+/m1/s1. The van der Waals surface area contributed by atoms with Crippen molar-refractivity contribution < 1.29 is 25.2 Å². The zero-order chi connectivity index (χ0) is 22.3. The minimum atomic E-state index is -1.36. The average molecular weight is 427 g/mol. The molecule has 2 aromatic rings. The second kappa shape index (κ2) is 8.64. The Kier molecular flexibility index (Phi) is 6.25. The molecule has 168 valence electrons. The first-order valence-corrected chi connectivity index (χ1v) is 11.2. The third-order valence-corrected chi connectivity index (χ3v) is 6.77. The van der Waals surface area contributed by atoms with Gasteiger partial charge < -0.3 is 25.2 Å². The molecule has 4 rings (SSSR count). The van der Waals surface area contributed by atoms with E-state index in [1.165, 1.54) is 27.8 Å². The quantitative estimate of drug-likeness (QED) is 0.603. The summed E-state index contributed by atoms with van der Waals surface area (Å²) in [4.78, 5) is 0. The van der Waals surface area contributed by atoms with Gasteiger partial charge in [-0.05, 0) is 64.5 Å². The molecule has 2 aliphatic rings. The number of aliphatic hydroxyl groups excluding tert-OH is 4. The largest absolute Gasteiger partial charge is 0.394 e. The minimum absolute atomic E-state index is 0.114. The minimum Gasteiger partial charge on any atom is -0.394 e. The third kappa shape index (κ3) is 4.43. The maximum atomic E-state index is 10.6. The Morgan fingerprint density at radius 2 is 1.65 bits per heavy atom. The van der Waals surface area contributed by atoms with Crippen molar-refractivity contribution in [3.8, 4) is 0 Å². The number of ether oxygens (including phenoxy) is 1. The van der Waals surface area contributed by atoms with E-state index in [1.807, 2.05) is 0 Å². The molecule has 0 radical (unpaired) electrons. The van der Waals surface area contributed by atoms with E-state index < -0.39 is 37.1 Å². The topological polar surface area (TPSA) is 90.2 Å². The second-order valence-corrected chi connectivity index (χ2v) is 10.0. The Labute approximate surface area is 184 Å². The van der Waals surface area contributed by atoms with Gasteiger partial charge in [0.05, 0.1) is 6.61 Å². The lowest BCUT2D eigenvalue weighted by Crippen LogP contribution is -2.55. The molecule has 0 spiro atoms. The molecule has 0 unspecified atom stereocenters. The van der Waals surface area contributed by atoms with Crippen molar-refractivity contribution in [1.82, 2.24) is 0 Å². The van der Waals surface area contributed by atoms with Gasteiger partial charge in [0.1, 0.15) is 30.5 Å². The van der Waals surface area contributed by atoms with Gasteiger partial charge in [0.25, 0.3) is 0 Å². The molecule has 1 aliphatic heterocycles. The van der Waals surface area contributed by atoms with Gasteiger partial charge in [-0.2, -0.15) is 0 Å². The number of hydrogen-bond donors (Lipinski definition) is 4. The number of rotatable bonds is 4. The molecule has 1 heterocycles. The molecular formula is C26H34O5. The van der Waals surface area contributed by atoms with Crippen LogP contribution in [0.5, 0.6) is 0 Å². The van der Waals surface area contributed by atoms with Gasteiger partial charge in [-0.1, -0.05) is 57.2 Å². The summed E-state index contributed by atoms with van der Waals surface area (Å²) >= 11 is 0. The van der Waals surface area contributed by atoms with Crippen LogP contribution in [0.2, 0.25) is 0 Å². The van der Waals surface area contributed by atoms with Crippen molar-refractivity contribution in [3.63, 3.8) is 0 Å². The maximum Gasteiger partial charge on any atom is 0.113 e. The normalized spacial score (nSPS) is 28.5. The molecule has 2 aromatic carbocycles. The maximum absolute atomic E-state index is 10.6. The van der Waals surface area contributed by atoms with Crippen LogP contribution in [-0.4, -0.2) is 51.4 Å². The summed E-state index contributed by atoms with van der Waals surface area (Å²) in [6.45, 7) is 6.20. The van der Waals surface area contributed by atoms with Crippen LogP contribution in [0.3, 0.4) is 0 Å². The van der Waals surface area contributed by atoms with E-state index in [2.05, 4.69) is 57.2 Å². The van der Waals surface area contributed by atoms with Gasteiger partial charge in [-0.15, -0.1) is 0 Å². The Morgan fingerprint density at radius 1 is 0.935 bits per heavy atom. The number of benzene rings is 2. The summed E-state index contributed by atoms with van der Waals surface area (Å²) in [6, 6.07) is 12.9. The van der Waals surface area contributed by atoms with Crippen LogP contribution in [0.1, 0.15) is 66.7 Å². The molecule has 1 saturated heterocycles. The summed E-state index contributed by atoms with van der Waals surface area (Å²) in [5.74, 6) is 0. The molecule has 5 atom stereocenters. The van der Waals surface area contributed by atoms with E-state index in [4.69, 9.17) is 4.74 Å². The summed E-state index contributed by atoms with van der Waals surface area (Å²) in [5, 5.41) is 40.5. The van der Waals surface area contributed by atoms with Gasteiger partial charge in [0.2, 0.25) is 0 Å². The SMILES string of the molecule is CC(C)(C)c1ccc(Cc2cc([C@@H]3O[C@H](CO)[C@@H](O)[C@H](O)[C@H]3O)cc3c2CCC3)cc1. The molecule has 1 aliphatic carbocycles. The van der Waals surface area contributed by atoms with E-state index in [0.717, 1.165) is 31.2 Å². The average Bonchev–Trinajstić information content (AvgIpc) is 3.21. The van der Waals surface area contributed by atoms with Crippen LogP contribution < -0.4 is 0 Å². The Morgan fingerprint density at radius 3 is 2.29 bits per heavy atom. The van der Waals surface area contributed by atoms with Crippen molar-refractivity contribution in [3.05, 3.63) is 69.8 Å². The van der Waals surface area contributed by atoms with E-state index in [-0.39, 0.29) is 5.41 Å². The second-order valence-electron chi connectivity index (χ2n) is 10.0. The Hall–Kier alpha value is -1.76. The van der Waals surface area contributed by atoms with E-state index in [9.17, 15) is 20.4 Å². The Balaban J connectivity index is 1.65. The smallest absolute Gasteiger partial charge is 0.113 e. The van der Waals surface area contributed by atoms with E-state index >= 15 is 0 Å². The summed E-state index contributed by atoms with van der Waals surface area (Å²) in [6.07, 6.45) is -1.73. The molecule has 5 heteroatoms. The first-order valence-electron chi connectivity index (χ1n) is 11.2. The van der Waals surface area contributed by atoms with Crippen LogP contribution in [0, 0.1) is 0 Å². The number of fused-ring (bicyclic) bond motifs is 1. The predicted octanol–water partition coefficient (Wildman–Crippen LogP) is 2.58. The molecule has 0 saturated carbocycles. The third-order valence-electron chi connectivity index (χ3n) is 6.77. The van der Waals surface area contributed by atoms with Crippen LogP contribution in [0.25, 0.3) is 0 Å². The molecule has 5 nitrogen and oxygen atoms in total. The number of aryl methyl sites for hydroxylation is 1. The lowest BCUT2D eigenvalue weighted by atomic mass is 9.85. The van der Waals surface area contributed by atoms with Crippen LogP contribution in [-0.2, 0) is 29.4 Å². The monoisotopic (exact) mass is 426 g/mol. The van der Waals surface area contributed by atoms with Crippen LogP contribution in [0.15, 0.2) is 36.4 Å². The van der Waals surface area contributed by atoms with Gasteiger partial charge in [-0.3, -0.25) is 0 Å². The zero-order valence-corrected chi connectivity index (χ0v) is 18.6. The highest BCUT2D eigenvalue weighted by molar-refractivity contribution is 5.45. The summed E-state index contributed by atoms with van der Waals surface area (Å²) in [7, 11) is 0. The van der Waals surface area contributed by atoms with Crippen molar-refractivity contribution in [2.75, 3.05) is 6.61 Å². The van der Waals surface area contributed by atoms with Crippen molar-refractivity contribution in [2.24, 2.45) is 0 Å². The highest BCUT2D eigenvalue weighted by Gasteiger charge is 2.44. The highest BCUT2D eigenvalue weighted by atomic mass is 16.5. The fourth-order valence-corrected chi connectivity index (χ4v) is 4.87. The molecule has 31 heavy (non-hydrogen) atoms. The molecule has 0 amide bonds. The lowest BCUT2D eigenvalue weighted by molar-refractivity contribution is -0.231. The lowest BCUT2D eigenvalue weighted by Gasteiger charge is -2.40. The molecule has 0 aromatic heterocycles. The molecule has 0 bridgehead atoms. The first kappa shape index (κ1) is 22.4. The van der Waals surface area contributed by atoms with Crippen LogP contribution >= 0.6 is 0 Å². The fourth-order valence-electron chi connectivity index (χ4n) is 4.87. The predicted molar refractivity (Wildman–Crippen MR) is 119 cm³/mol. The van der Waals surface area contributed by atoms with E-state index in [0.29, 0.717) is 0 Å². The number of hydrogen-bond acceptors (Lipinski definition) is 5. The summed E-state index contributed by atoms with van der Waals surface area (Å²) < 4.78 is 5.82. The highest BCUT2D eigenvalue weighted by Crippen LogP contribution is 2.37. The van der Waals surface area contributed by atoms with Crippen molar-refractivity contribution in [1.29, 1.82) is 0 Å². The van der Waals surface area contributed by atoms with Crippen LogP contribution in [0.4, 0.5) is 0 Å². The number of aliphatic hydroxyl groups is 4. The van der Waals surface area contributed by atoms with Crippen molar-refractivity contribution in [2.45, 2.75) is 82.4 Å². The molecule has 4 N–H and O–H groups in total. The Bertz CT molecular complexity index is 913. The summed E-state index contributed by atoms with van der Waals surface area (Å²) in [5.41, 5.74) is 7.28.